The largest absolute Gasteiger partial charge is 0.510 e. The molecule has 0 saturated carbocycles. The normalized spacial score (nSPS) is 36.1. The van der Waals surface area contributed by atoms with Crippen molar-refractivity contribution in [2.75, 3.05) is 6.61 Å². The lowest BCUT2D eigenvalue weighted by Crippen LogP contribution is -2.34. The average Bonchev–Trinajstić information content (AvgIpc) is 2.68. The summed E-state index contributed by atoms with van der Waals surface area (Å²) in [4.78, 5) is 11.6. The van der Waals surface area contributed by atoms with Crippen LogP contribution >= 0.6 is 0 Å². The Kier molecular flexibility index (Phi) is 4.27. The lowest BCUT2D eigenvalue weighted by atomic mass is 9.84. The average molecular weight is 268 g/mol. The minimum absolute atomic E-state index is 0.0300. The fourth-order valence-electron chi connectivity index (χ4n) is 2.67. The van der Waals surface area contributed by atoms with Crippen molar-refractivity contribution in [3.8, 4) is 0 Å². The van der Waals surface area contributed by atoms with Crippen molar-refractivity contribution in [1.29, 1.82) is 0 Å². The Hall–Kier alpha value is -1.33. The number of esters is 1. The first kappa shape index (κ1) is 14.1. The quantitative estimate of drug-likeness (QED) is 0.489. The summed E-state index contributed by atoms with van der Waals surface area (Å²) in [5, 5.41) is 29.1. The SMILES string of the molecule is CC1C(=O)OC2C(O)C(O)=CCCC(CO)=CCC12. The summed E-state index contributed by atoms with van der Waals surface area (Å²) in [6.45, 7) is 1.73. The van der Waals surface area contributed by atoms with E-state index in [2.05, 4.69) is 0 Å². The molecule has 0 aromatic rings. The van der Waals surface area contributed by atoms with Crippen molar-refractivity contribution >= 4 is 5.97 Å². The molecule has 2 aliphatic rings. The second kappa shape index (κ2) is 5.75. The highest BCUT2D eigenvalue weighted by Gasteiger charge is 2.45. The van der Waals surface area contributed by atoms with Gasteiger partial charge in [-0.2, -0.15) is 0 Å². The zero-order valence-corrected chi connectivity index (χ0v) is 11.0. The first-order valence-electron chi connectivity index (χ1n) is 6.61. The predicted octanol–water partition coefficient (Wildman–Crippen LogP) is 1.07. The molecule has 4 atom stereocenters. The van der Waals surface area contributed by atoms with Crippen LogP contribution in [-0.4, -0.2) is 40.1 Å². The molecule has 5 heteroatoms. The van der Waals surface area contributed by atoms with Gasteiger partial charge in [0.2, 0.25) is 0 Å². The van der Waals surface area contributed by atoms with E-state index in [1.807, 2.05) is 6.08 Å². The van der Waals surface area contributed by atoms with E-state index < -0.39 is 12.2 Å². The van der Waals surface area contributed by atoms with Crippen LogP contribution in [0.3, 0.4) is 0 Å². The van der Waals surface area contributed by atoms with Crippen LogP contribution in [0.2, 0.25) is 0 Å². The number of carbonyl (C=O) groups is 1. The topological polar surface area (TPSA) is 87.0 Å². The van der Waals surface area contributed by atoms with Gasteiger partial charge in [-0.15, -0.1) is 0 Å². The molecule has 1 fully saturated rings. The highest BCUT2D eigenvalue weighted by molar-refractivity contribution is 5.75. The van der Waals surface area contributed by atoms with Crippen LogP contribution < -0.4 is 0 Å². The first-order chi connectivity index (χ1) is 9.04. The molecule has 1 saturated heterocycles. The van der Waals surface area contributed by atoms with E-state index in [-0.39, 0.29) is 30.2 Å². The van der Waals surface area contributed by atoms with Crippen molar-refractivity contribution in [2.45, 2.75) is 38.4 Å². The smallest absolute Gasteiger partial charge is 0.309 e. The molecule has 1 aliphatic carbocycles. The summed E-state index contributed by atoms with van der Waals surface area (Å²) >= 11 is 0. The van der Waals surface area contributed by atoms with Gasteiger partial charge in [0.25, 0.3) is 0 Å². The molecule has 3 N–H and O–H groups in total. The molecule has 0 spiro atoms. The number of carbonyl (C=O) groups excluding carboxylic acids is 1. The Balaban J connectivity index is 2.29. The predicted molar refractivity (Wildman–Crippen MR) is 68.3 cm³/mol. The Morgan fingerprint density at radius 2 is 2.16 bits per heavy atom. The monoisotopic (exact) mass is 268 g/mol. The Morgan fingerprint density at radius 3 is 2.84 bits per heavy atom. The lowest BCUT2D eigenvalue weighted by Gasteiger charge is -2.24. The van der Waals surface area contributed by atoms with Gasteiger partial charge >= 0.3 is 5.97 Å². The number of ether oxygens (including phenoxy) is 1. The number of hydrogen-bond donors (Lipinski definition) is 3. The van der Waals surface area contributed by atoms with Gasteiger partial charge in [-0.05, 0) is 30.9 Å². The number of allylic oxidation sites excluding steroid dienone is 2. The molecule has 2 rings (SSSR count). The number of aliphatic hydroxyl groups is 3. The van der Waals surface area contributed by atoms with Gasteiger partial charge in [0, 0.05) is 5.92 Å². The van der Waals surface area contributed by atoms with Crippen molar-refractivity contribution < 1.29 is 24.9 Å². The third-order valence-electron chi connectivity index (χ3n) is 4.00. The summed E-state index contributed by atoms with van der Waals surface area (Å²) < 4.78 is 5.18. The van der Waals surface area contributed by atoms with Gasteiger partial charge in [-0.3, -0.25) is 4.79 Å². The molecule has 4 unspecified atom stereocenters. The molecule has 0 amide bonds. The fraction of sp³-hybridized carbons (Fsp3) is 0.643. The molecule has 1 heterocycles. The van der Waals surface area contributed by atoms with Gasteiger partial charge in [0.05, 0.1) is 12.5 Å². The highest BCUT2D eigenvalue weighted by Crippen LogP contribution is 2.35. The molecular weight excluding hydrogens is 248 g/mol. The van der Waals surface area contributed by atoms with Gasteiger partial charge in [-0.25, -0.2) is 0 Å². The van der Waals surface area contributed by atoms with Gasteiger partial charge < -0.3 is 20.1 Å². The first-order valence-corrected chi connectivity index (χ1v) is 6.61. The summed E-state index contributed by atoms with van der Waals surface area (Å²) in [6, 6.07) is 0. The van der Waals surface area contributed by atoms with E-state index in [1.54, 1.807) is 6.92 Å². The van der Waals surface area contributed by atoms with Crippen LogP contribution in [-0.2, 0) is 9.53 Å². The van der Waals surface area contributed by atoms with Gasteiger partial charge in [-0.1, -0.05) is 13.0 Å². The number of hydrogen-bond acceptors (Lipinski definition) is 5. The molecule has 0 bridgehead atoms. The van der Waals surface area contributed by atoms with Crippen LogP contribution in [0.15, 0.2) is 23.5 Å². The van der Waals surface area contributed by atoms with Crippen molar-refractivity contribution in [2.24, 2.45) is 11.8 Å². The standard InChI is InChI=1S/C14H20O5/c1-8-10-6-5-9(7-15)3-2-4-11(16)12(17)13(10)19-14(8)18/h4-5,8,10,12-13,15-17H,2-3,6-7H2,1H3. The minimum Gasteiger partial charge on any atom is -0.510 e. The van der Waals surface area contributed by atoms with Crippen LogP contribution in [0.1, 0.15) is 26.2 Å². The van der Waals surface area contributed by atoms with Gasteiger partial charge in [0.1, 0.15) is 18.0 Å². The van der Waals surface area contributed by atoms with E-state index in [4.69, 9.17) is 4.74 Å². The molecular formula is C14H20O5. The second-order valence-electron chi connectivity index (χ2n) is 5.22. The number of rotatable bonds is 1. The number of aliphatic hydroxyl groups excluding tert-OH is 3. The number of fused-ring (bicyclic) bond motifs is 1. The fourth-order valence-corrected chi connectivity index (χ4v) is 2.67. The third kappa shape index (κ3) is 2.82. The van der Waals surface area contributed by atoms with E-state index in [9.17, 15) is 20.1 Å². The Labute approximate surface area is 112 Å². The summed E-state index contributed by atoms with van der Waals surface area (Å²) in [7, 11) is 0. The zero-order chi connectivity index (χ0) is 14.0. The summed E-state index contributed by atoms with van der Waals surface area (Å²) in [6.07, 6.45) is 3.28. The van der Waals surface area contributed by atoms with Crippen molar-refractivity contribution in [1.82, 2.24) is 0 Å². The van der Waals surface area contributed by atoms with E-state index in [0.29, 0.717) is 19.3 Å². The Bertz CT molecular complexity index is 412. The van der Waals surface area contributed by atoms with E-state index >= 15 is 0 Å². The molecule has 5 nitrogen and oxygen atoms in total. The second-order valence-corrected chi connectivity index (χ2v) is 5.22. The van der Waals surface area contributed by atoms with Gasteiger partial charge in [0.15, 0.2) is 0 Å². The maximum Gasteiger partial charge on any atom is 0.309 e. The van der Waals surface area contributed by atoms with Crippen LogP contribution in [0.4, 0.5) is 0 Å². The molecule has 0 aromatic carbocycles. The van der Waals surface area contributed by atoms with Crippen LogP contribution in [0.25, 0.3) is 0 Å². The van der Waals surface area contributed by atoms with E-state index in [0.717, 1.165) is 5.57 Å². The maximum absolute atomic E-state index is 11.6. The highest BCUT2D eigenvalue weighted by atomic mass is 16.6. The summed E-state index contributed by atoms with van der Waals surface area (Å²) in [5.74, 6) is -1.00. The molecule has 0 aromatic heterocycles. The third-order valence-corrected chi connectivity index (χ3v) is 4.00. The lowest BCUT2D eigenvalue weighted by molar-refractivity contribution is -0.147. The van der Waals surface area contributed by atoms with Crippen molar-refractivity contribution in [3.63, 3.8) is 0 Å². The van der Waals surface area contributed by atoms with E-state index in [1.165, 1.54) is 6.08 Å². The zero-order valence-electron chi connectivity index (χ0n) is 11.0. The molecule has 0 radical (unpaired) electrons. The van der Waals surface area contributed by atoms with Crippen molar-refractivity contribution in [3.05, 3.63) is 23.5 Å². The van der Waals surface area contributed by atoms with Crippen LogP contribution in [0, 0.1) is 11.8 Å². The minimum atomic E-state index is -1.16. The molecule has 1 aliphatic heterocycles. The summed E-state index contributed by atoms with van der Waals surface area (Å²) in [5.41, 5.74) is 0.880. The van der Waals surface area contributed by atoms with Crippen LogP contribution in [0.5, 0.6) is 0 Å². The Morgan fingerprint density at radius 1 is 1.42 bits per heavy atom. The maximum atomic E-state index is 11.6. The molecule has 19 heavy (non-hydrogen) atoms. The molecule has 106 valence electrons.